The topological polar surface area (TPSA) is 0 Å². The van der Waals surface area contributed by atoms with Crippen molar-refractivity contribution in [1.29, 1.82) is 0 Å². The highest BCUT2D eigenvalue weighted by Gasteiger charge is 1.92. The molecule has 0 aliphatic carbocycles. The van der Waals surface area contributed by atoms with E-state index in [0.29, 0.717) is 0 Å². The first-order valence-electron chi connectivity index (χ1n) is 4.48. The summed E-state index contributed by atoms with van der Waals surface area (Å²) < 4.78 is 0. The van der Waals surface area contributed by atoms with E-state index in [4.69, 9.17) is 6.42 Å². The van der Waals surface area contributed by atoms with E-state index in [0.717, 1.165) is 5.56 Å². The molecule has 0 nitrogen and oxygen atoms in total. The lowest BCUT2D eigenvalue weighted by Crippen LogP contribution is -1.77. The molecule has 0 spiro atoms. The molecule has 2 aromatic rings. The lowest BCUT2D eigenvalue weighted by Gasteiger charge is -2.04. The Labute approximate surface area is 84.2 Å². The second kappa shape index (κ2) is 3.81. The van der Waals surface area contributed by atoms with Crippen LogP contribution in [-0.4, -0.2) is 0 Å². The normalized spacial score (nSPS) is 9.36. The van der Waals surface area contributed by atoms with Crippen molar-refractivity contribution in [3.63, 3.8) is 0 Å². The molecular formula is C14H9-. The average Bonchev–Trinajstić information content (AvgIpc) is 2.30. The quantitative estimate of drug-likeness (QED) is 0.463. The SMILES string of the molecule is [C-]#Cc1ccc(-c2ccccc2)cc1. The monoisotopic (exact) mass is 177 g/mol. The van der Waals surface area contributed by atoms with Gasteiger partial charge in [0, 0.05) is 0 Å². The van der Waals surface area contributed by atoms with Crippen molar-refractivity contribution < 1.29 is 0 Å². The second-order valence-corrected chi connectivity index (χ2v) is 3.07. The molecule has 0 aromatic heterocycles. The molecule has 0 heteroatoms. The zero-order valence-electron chi connectivity index (χ0n) is 7.70. The van der Waals surface area contributed by atoms with Crippen molar-refractivity contribution in [3.8, 4) is 17.0 Å². The summed E-state index contributed by atoms with van der Waals surface area (Å²) in [4.78, 5) is 0. The third-order valence-corrected chi connectivity index (χ3v) is 2.14. The molecule has 0 saturated heterocycles. The van der Waals surface area contributed by atoms with Crippen LogP contribution >= 0.6 is 0 Å². The number of hydrogen-bond donors (Lipinski definition) is 0. The molecule has 0 aliphatic heterocycles. The van der Waals surface area contributed by atoms with Crippen LogP contribution in [0, 0.1) is 12.3 Å². The first kappa shape index (κ1) is 8.59. The van der Waals surface area contributed by atoms with Crippen molar-refractivity contribution in [3.05, 3.63) is 66.6 Å². The summed E-state index contributed by atoms with van der Waals surface area (Å²) in [7, 11) is 0. The fourth-order valence-electron chi connectivity index (χ4n) is 1.38. The maximum atomic E-state index is 6.97. The molecule has 0 saturated carbocycles. The number of rotatable bonds is 1. The summed E-state index contributed by atoms with van der Waals surface area (Å²) >= 11 is 0. The van der Waals surface area contributed by atoms with E-state index in [2.05, 4.69) is 18.1 Å². The van der Waals surface area contributed by atoms with E-state index in [-0.39, 0.29) is 0 Å². The highest BCUT2D eigenvalue weighted by molar-refractivity contribution is 5.63. The Morgan fingerprint density at radius 3 is 1.86 bits per heavy atom. The zero-order valence-corrected chi connectivity index (χ0v) is 7.70. The minimum absolute atomic E-state index is 0.810. The Balaban J connectivity index is 2.40. The van der Waals surface area contributed by atoms with Gasteiger partial charge in [0.05, 0.1) is 0 Å². The Morgan fingerprint density at radius 1 is 0.714 bits per heavy atom. The third-order valence-electron chi connectivity index (χ3n) is 2.14. The third kappa shape index (κ3) is 1.67. The van der Waals surface area contributed by atoms with Gasteiger partial charge in [-0.15, -0.1) is 17.7 Å². The van der Waals surface area contributed by atoms with Crippen molar-refractivity contribution in [1.82, 2.24) is 0 Å². The van der Waals surface area contributed by atoms with Gasteiger partial charge in [-0.05, 0) is 11.1 Å². The predicted octanol–water partition coefficient (Wildman–Crippen LogP) is 3.29. The molecule has 0 heterocycles. The van der Waals surface area contributed by atoms with Crippen molar-refractivity contribution >= 4 is 0 Å². The first-order chi connectivity index (χ1) is 6.90. The fourth-order valence-corrected chi connectivity index (χ4v) is 1.38. The molecule has 0 fully saturated rings. The predicted molar refractivity (Wildman–Crippen MR) is 58.1 cm³/mol. The van der Waals surface area contributed by atoms with Gasteiger partial charge in [-0.3, -0.25) is 5.92 Å². The molecular weight excluding hydrogens is 168 g/mol. The summed E-state index contributed by atoms with van der Waals surface area (Å²) in [6, 6.07) is 18.0. The molecule has 0 radical (unpaired) electrons. The van der Waals surface area contributed by atoms with Gasteiger partial charge in [-0.1, -0.05) is 42.5 Å². The summed E-state index contributed by atoms with van der Waals surface area (Å²) in [6.45, 7) is 0. The smallest absolute Gasteiger partial charge is 0.0185 e. The molecule has 0 atom stereocenters. The van der Waals surface area contributed by atoms with E-state index in [1.54, 1.807) is 0 Å². The second-order valence-electron chi connectivity index (χ2n) is 3.07. The van der Waals surface area contributed by atoms with E-state index < -0.39 is 0 Å². The Hall–Kier alpha value is -2.00. The minimum atomic E-state index is 0.810. The molecule has 66 valence electrons. The maximum Gasteiger partial charge on any atom is -0.0185 e. The minimum Gasteiger partial charge on any atom is -0.366 e. The Kier molecular flexibility index (Phi) is 2.34. The van der Waals surface area contributed by atoms with Crippen LogP contribution < -0.4 is 0 Å². The zero-order chi connectivity index (χ0) is 9.80. The van der Waals surface area contributed by atoms with Gasteiger partial charge in [-0.25, -0.2) is 0 Å². The molecule has 0 amide bonds. The summed E-state index contributed by atoms with van der Waals surface area (Å²) in [6.07, 6.45) is 6.97. The van der Waals surface area contributed by atoms with Crippen molar-refractivity contribution in [2.24, 2.45) is 0 Å². The van der Waals surface area contributed by atoms with E-state index in [9.17, 15) is 0 Å². The highest BCUT2D eigenvalue weighted by atomic mass is 14.0. The van der Waals surface area contributed by atoms with Gasteiger partial charge in [0.15, 0.2) is 0 Å². The van der Waals surface area contributed by atoms with Crippen LogP contribution in [0.5, 0.6) is 0 Å². The van der Waals surface area contributed by atoms with Gasteiger partial charge in [0.1, 0.15) is 0 Å². The summed E-state index contributed by atoms with van der Waals surface area (Å²) in [5.41, 5.74) is 3.18. The van der Waals surface area contributed by atoms with Gasteiger partial charge in [0.2, 0.25) is 0 Å². The molecule has 0 aliphatic rings. The van der Waals surface area contributed by atoms with Crippen LogP contribution in [0.2, 0.25) is 0 Å². The lowest BCUT2D eigenvalue weighted by atomic mass is 10.0. The van der Waals surface area contributed by atoms with Gasteiger partial charge in [-0.2, -0.15) is 0 Å². The van der Waals surface area contributed by atoms with Crippen LogP contribution in [0.3, 0.4) is 0 Å². The molecule has 2 aromatic carbocycles. The van der Waals surface area contributed by atoms with Gasteiger partial charge in [0.25, 0.3) is 0 Å². The molecule has 14 heavy (non-hydrogen) atoms. The van der Waals surface area contributed by atoms with Crippen LogP contribution in [0.4, 0.5) is 0 Å². The number of hydrogen-bond acceptors (Lipinski definition) is 0. The molecule has 0 unspecified atom stereocenters. The molecule has 0 N–H and O–H groups in total. The summed E-state index contributed by atoms with van der Waals surface area (Å²) in [5.74, 6) is 2.36. The van der Waals surface area contributed by atoms with Crippen molar-refractivity contribution in [2.45, 2.75) is 0 Å². The largest absolute Gasteiger partial charge is 0.366 e. The Morgan fingerprint density at radius 2 is 1.29 bits per heavy atom. The van der Waals surface area contributed by atoms with Gasteiger partial charge < -0.3 is 6.42 Å². The van der Waals surface area contributed by atoms with Crippen LogP contribution in [0.25, 0.3) is 11.1 Å². The van der Waals surface area contributed by atoms with E-state index >= 15 is 0 Å². The summed E-state index contributed by atoms with van der Waals surface area (Å²) in [5, 5.41) is 0. The lowest BCUT2D eigenvalue weighted by molar-refractivity contribution is 1.59. The van der Waals surface area contributed by atoms with E-state index in [1.165, 1.54) is 11.1 Å². The molecule has 2 rings (SSSR count). The first-order valence-corrected chi connectivity index (χ1v) is 4.48. The van der Waals surface area contributed by atoms with Crippen LogP contribution in [0.15, 0.2) is 54.6 Å². The highest BCUT2D eigenvalue weighted by Crippen LogP contribution is 2.18. The fraction of sp³-hybridized carbons (Fsp3) is 0. The van der Waals surface area contributed by atoms with Crippen LogP contribution in [0.1, 0.15) is 5.56 Å². The maximum absolute atomic E-state index is 6.97. The Bertz CT molecular complexity index is 444. The van der Waals surface area contributed by atoms with Crippen LogP contribution in [-0.2, 0) is 0 Å². The van der Waals surface area contributed by atoms with Crippen molar-refractivity contribution in [2.75, 3.05) is 0 Å². The average molecular weight is 177 g/mol. The standard InChI is InChI=1S/C14H9/c1-2-12-8-10-14(11-9-12)13-6-4-3-5-7-13/h3-11H/q-1. The van der Waals surface area contributed by atoms with E-state index in [1.807, 2.05) is 42.5 Å². The number of benzene rings is 2. The molecule has 0 bridgehead atoms. The van der Waals surface area contributed by atoms with Gasteiger partial charge >= 0.3 is 0 Å².